The maximum atomic E-state index is 13.4. The fraction of sp³-hybridized carbons (Fsp3) is 0.720. The summed E-state index contributed by atoms with van der Waals surface area (Å²) in [5.41, 5.74) is 0. The Balaban J connectivity index is 1.67. The molecule has 0 aliphatic carbocycles. The van der Waals surface area contributed by atoms with Crippen molar-refractivity contribution in [3.63, 3.8) is 0 Å². The molecule has 9 N–H and O–H groups in total. The van der Waals surface area contributed by atoms with Crippen molar-refractivity contribution in [1.82, 2.24) is 5.32 Å². The second-order valence-electron chi connectivity index (χ2n) is 26.4. The highest BCUT2D eigenvalue weighted by molar-refractivity contribution is 5.76. The van der Waals surface area contributed by atoms with E-state index in [0.717, 1.165) is 122 Å². The van der Waals surface area contributed by atoms with E-state index in [1.54, 1.807) is 6.08 Å². The Morgan fingerprint density at radius 3 is 1.10 bits per heavy atom. The zero-order valence-corrected chi connectivity index (χ0v) is 60.1. The van der Waals surface area contributed by atoms with E-state index in [2.05, 4.69) is 141 Å². The molecule has 2 heterocycles. The van der Waals surface area contributed by atoms with Crippen molar-refractivity contribution in [1.29, 1.82) is 0 Å². The molecule has 0 radical (unpaired) electrons. The normalized spacial score (nSPS) is 23.0. The molecule has 0 aromatic rings. The van der Waals surface area contributed by atoms with E-state index in [1.165, 1.54) is 135 Å². The lowest BCUT2D eigenvalue weighted by molar-refractivity contribution is -0.359. The third-order valence-electron chi connectivity index (χ3n) is 17.8. The highest BCUT2D eigenvalue weighted by atomic mass is 16.7. The molecule has 96 heavy (non-hydrogen) atoms. The van der Waals surface area contributed by atoms with Crippen molar-refractivity contribution < 1.29 is 64.6 Å². The summed E-state index contributed by atoms with van der Waals surface area (Å²) < 4.78 is 22.9. The van der Waals surface area contributed by atoms with Crippen LogP contribution in [0.1, 0.15) is 284 Å². The van der Waals surface area contributed by atoms with Crippen LogP contribution in [0.2, 0.25) is 0 Å². The number of nitrogens with one attached hydrogen (secondary N) is 1. The van der Waals surface area contributed by atoms with Gasteiger partial charge in [-0.2, -0.15) is 0 Å². The van der Waals surface area contributed by atoms with Crippen LogP contribution >= 0.6 is 0 Å². The number of aliphatic hydroxyl groups is 8. The van der Waals surface area contributed by atoms with Gasteiger partial charge in [-0.3, -0.25) is 4.79 Å². The number of amides is 1. The van der Waals surface area contributed by atoms with E-state index in [0.29, 0.717) is 6.42 Å². The topological polar surface area (TPSA) is 228 Å². The van der Waals surface area contributed by atoms with Crippen LogP contribution in [0.25, 0.3) is 0 Å². The lowest BCUT2D eigenvalue weighted by Crippen LogP contribution is -2.65. The SMILES string of the molecule is CC/C=C\C/C=C\C/C=C\C/C=C\C/C=C\C/C=C\C/C=C\C/C=C\C/C=C\C/C=C\CCCCCCCCC(=O)NC(COC1OC(CO)C(OC2OC(CO)C(O)C(O)C2O)C(O)C1O)C(O)/C=C/CCCCCCCCCCCCCCCCCCCCCCCCC. The van der Waals surface area contributed by atoms with Crippen molar-refractivity contribution in [3.05, 3.63) is 134 Å². The lowest BCUT2D eigenvalue weighted by Gasteiger charge is -2.46. The van der Waals surface area contributed by atoms with Crippen LogP contribution in [0.5, 0.6) is 0 Å². The van der Waals surface area contributed by atoms with Gasteiger partial charge in [0, 0.05) is 6.42 Å². The van der Waals surface area contributed by atoms with Crippen LogP contribution in [-0.4, -0.2) is 140 Å². The standard InChI is InChI=1S/C82H139NO13/c1-3-5-7-9-11-13-15-17-19-21-23-25-27-29-30-31-32-33-34-35-36-37-38-39-40-42-44-46-48-50-52-54-56-58-60-62-64-66-74(87)83-70(69-93-81-79(92)77(90)80(73(68-85)95-81)96-82-78(91)76(89)75(88)72(67-84)94-82)71(86)65-63-61-59-57-55-53-51-49-47-45-43-41-28-26-24-22-20-18-16-14-12-10-8-6-4-2/h5,7,11,13,17,19,23,25,29-30,32-33,35-36,38-39,42,44,48,50,63,65,70-73,75-82,84-86,88-92H,3-4,6,8-10,12,14-16,18,20-22,24,26-28,31,34,37,40-41,43,45-47,49,51-62,64,66-69H2,1-2H3,(H,83,87)/b7-5-,13-11-,19-17-,25-23-,30-29-,33-32-,36-35-,39-38-,44-42-,50-48-,65-63+. The van der Waals surface area contributed by atoms with Crippen LogP contribution in [0.4, 0.5) is 0 Å². The molecule has 12 unspecified atom stereocenters. The minimum absolute atomic E-state index is 0.256. The van der Waals surface area contributed by atoms with Crippen LogP contribution in [0.3, 0.4) is 0 Å². The first-order valence-electron chi connectivity index (χ1n) is 38.4. The van der Waals surface area contributed by atoms with Crippen molar-refractivity contribution in [2.45, 2.75) is 357 Å². The molecule has 0 aromatic carbocycles. The number of ether oxygens (including phenoxy) is 4. The Kier molecular flexibility index (Phi) is 59.3. The zero-order valence-electron chi connectivity index (χ0n) is 60.1. The minimum atomic E-state index is -1.80. The summed E-state index contributed by atoms with van der Waals surface area (Å²) in [5, 5.41) is 87.6. The molecule has 2 fully saturated rings. The predicted molar refractivity (Wildman–Crippen MR) is 396 cm³/mol. The van der Waals surface area contributed by atoms with Crippen molar-refractivity contribution in [3.8, 4) is 0 Å². The Morgan fingerprint density at radius 1 is 0.385 bits per heavy atom. The smallest absolute Gasteiger partial charge is 0.220 e. The van der Waals surface area contributed by atoms with Gasteiger partial charge in [-0.05, 0) is 96.3 Å². The molecule has 14 heteroatoms. The summed E-state index contributed by atoms with van der Waals surface area (Å²) in [6, 6.07) is -0.934. The Bertz CT molecular complexity index is 2130. The van der Waals surface area contributed by atoms with Crippen LogP contribution in [-0.2, 0) is 23.7 Å². The number of carbonyl (C=O) groups is 1. The Hall–Kier alpha value is -3.87. The van der Waals surface area contributed by atoms with Gasteiger partial charge in [-0.15, -0.1) is 0 Å². The number of unbranched alkanes of at least 4 members (excludes halogenated alkanes) is 29. The molecular weight excluding hydrogens is 1210 g/mol. The van der Waals surface area contributed by atoms with Crippen LogP contribution in [0.15, 0.2) is 134 Å². The molecule has 0 saturated carbocycles. The van der Waals surface area contributed by atoms with Gasteiger partial charge in [0.2, 0.25) is 5.91 Å². The molecule has 2 saturated heterocycles. The van der Waals surface area contributed by atoms with Gasteiger partial charge in [-0.25, -0.2) is 0 Å². The van der Waals surface area contributed by atoms with E-state index in [9.17, 15) is 45.6 Å². The number of allylic oxidation sites excluding steroid dienone is 21. The van der Waals surface area contributed by atoms with Crippen LogP contribution < -0.4 is 5.32 Å². The maximum Gasteiger partial charge on any atom is 0.220 e. The van der Waals surface area contributed by atoms with Gasteiger partial charge in [0.05, 0.1) is 32.0 Å². The first-order valence-corrected chi connectivity index (χ1v) is 38.4. The van der Waals surface area contributed by atoms with Gasteiger partial charge in [0.1, 0.15) is 48.8 Å². The van der Waals surface area contributed by atoms with Gasteiger partial charge < -0.3 is 65.1 Å². The maximum absolute atomic E-state index is 13.4. The molecule has 1 amide bonds. The number of carbonyl (C=O) groups excluding carboxylic acids is 1. The summed E-state index contributed by atoms with van der Waals surface area (Å²) in [4.78, 5) is 13.4. The second-order valence-corrected chi connectivity index (χ2v) is 26.4. The molecule has 0 bridgehead atoms. The molecule has 550 valence electrons. The summed E-state index contributed by atoms with van der Waals surface area (Å²) in [6.07, 6.45) is 79.3. The first kappa shape index (κ1) is 88.2. The van der Waals surface area contributed by atoms with Gasteiger partial charge in [0.25, 0.3) is 0 Å². The predicted octanol–water partition coefficient (Wildman–Crippen LogP) is 17.0. The van der Waals surface area contributed by atoms with E-state index >= 15 is 0 Å². The third kappa shape index (κ3) is 47.2. The highest BCUT2D eigenvalue weighted by Crippen LogP contribution is 2.30. The molecule has 2 aliphatic heterocycles. The largest absolute Gasteiger partial charge is 0.394 e. The summed E-state index contributed by atoms with van der Waals surface area (Å²) in [6.45, 7) is 2.70. The van der Waals surface area contributed by atoms with E-state index < -0.39 is 86.8 Å². The van der Waals surface area contributed by atoms with E-state index in [4.69, 9.17) is 18.9 Å². The molecule has 2 aliphatic rings. The zero-order chi connectivity index (χ0) is 69.4. The Morgan fingerprint density at radius 2 is 0.719 bits per heavy atom. The average Bonchev–Trinajstić information content (AvgIpc) is 0.857. The number of hydrogen-bond acceptors (Lipinski definition) is 13. The quantitative estimate of drug-likeness (QED) is 0.0204. The molecule has 14 nitrogen and oxygen atoms in total. The van der Waals surface area contributed by atoms with E-state index in [1.807, 2.05) is 6.08 Å². The fourth-order valence-electron chi connectivity index (χ4n) is 11.8. The average molecular weight is 1350 g/mol. The van der Waals surface area contributed by atoms with Crippen molar-refractivity contribution in [2.75, 3.05) is 19.8 Å². The summed E-state index contributed by atoms with van der Waals surface area (Å²) in [5.74, 6) is -0.256. The molecule has 0 spiro atoms. The number of aliphatic hydroxyl groups excluding tert-OH is 8. The van der Waals surface area contributed by atoms with Gasteiger partial charge in [0.15, 0.2) is 12.6 Å². The highest BCUT2D eigenvalue weighted by Gasteiger charge is 2.51. The van der Waals surface area contributed by atoms with Gasteiger partial charge >= 0.3 is 0 Å². The van der Waals surface area contributed by atoms with Crippen molar-refractivity contribution in [2.24, 2.45) is 0 Å². The number of rotatable bonds is 62. The minimum Gasteiger partial charge on any atom is -0.394 e. The summed E-state index contributed by atoms with van der Waals surface area (Å²) in [7, 11) is 0. The summed E-state index contributed by atoms with van der Waals surface area (Å²) >= 11 is 0. The molecule has 0 aromatic heterocycles. The molecule has 12 atom stereocenters. The Labute approximate surface area is 583 Å². The molecule has 2 rings (SSSR count). The van der Waals surface area contributed by atoms with Crippen molar-refractivity contribution >= 4 is 5.91 Å². The number of hydrogen-bond donors (Lipinski definition) is 9. The van der Waals surface area contributed by atoms with Gasteiger partial charge in [-0.1, -0.05) is 314 Å². The first-order chi connectivity index (χ1) is 47.1. The fourth-order valence-corrected chi connectivity index (χ4v) is 11.8. The second kappa shape index (κ2) is 64.5. The monoisotopic (exact) mass is 1350 g/mol. The van der Waals surface area contributed by atoms with Crippen LogP contribution in [0, 0.1) is 0 Å². The third-order valence-corrected chi connectivity index (χ3v) is 17.8. The molecular formula is C82H139NO13. The van der Waals surface area contributed by atoms with E-state index in [-0.39, 0.29) is 18.9 Å². The lowest BCUT2D eigenvalue weighted by atomic mass is 9.97.